The second-order valence-electron chi connectivity index (χ2n) is 12.3. The van der Waals surface area contributed by atoms with Crippen molar-refractivity contribution in [2.45, 2.75) is 0 Å². The van der Waals surface area contributed by atoms with Crippen molar-refractivity contribution in [2.75, 3.05) is 5.01 Å². The zero-order valence-corrected chi connectivity index (χ0v) is 26.1. The number of anilines is 2. The first kappa shape index (κ1) is 26.7. The highest BCUT2D eigenvalue weighted by Gasteiger charge is 2.24. The second-order valence-corrected chi connectivity index (χ2v) is 12.3. The standard InChI is InChI=1S/C44H30N4/c1-5-15-31(16-6-1)45-28-27-37-40(45)26-25-36-39-29-42-38(35-23-13-14-24-41(35)46(42)32-17-7-2-8-18-32)30-43(39)48(44(36)37)47(33-19-9-3-10-20-33)34-21-11-4-12-22-34/h1-30H. The highest BCUT2D eigenvalue weighted by atomic mass is 15.6. The normalized spacial score (nSPS) is 11.8. The average molecular weight is 615 g/mol. The van der Waals surface area contributed by atoms with Crippen LogP contribution >= 0.6 is 0 Å². The minimum absolute atomic E-state index is 1.09. The summed E-state index contributed by atoms with van der Waals surface area (Å²) in [6, 6.07) is 63.2. The fraction of sp³-hybridized carbons (Fsp3) is 0. The third-order valence-corrected chi connectivity index (χ3v) is 9.61. The molecule has 0 saturated carbocycles. The van der Waals surface area contributed by atoms with E-state index < -0.39 is 0 Å². The molecule has 0 N–H and O–H groups in total. The SMILES string of the molecule is c1ccc(N(c2ccccc2)n2c3cc4c5ccccc5n(-c5ccccc5)c4cc3c3ccc4c(ccn4-c4ccccc4)c32)cc1. The molecule has 0 aliphatic rings. The van der Waals surface area contributed by atoms with E-state index in [4.69, 9.17) is 0 Å². The summed E-state index contributed by atoms with van der Waals surface area (Å²) < 4.78 is 7.14. The molecule has 0 radical (unpaired) electrons. The number of fused-ring (bicyclic) bond motifs is 8. The Morgan fingerprint density at radius 1 is 0.354 bits per heavy atom. The van der Waals surface area contributed by atoms with Crippen LogP contribution in [0.25, 0.3) is 65.9 Å². The van der Waals surface area contributed by atoms with Crippen LogP contribution in [-0.2, 0) is 0 Å². The summed E-state index contributed by atoms with van der Waals surface area (Å²) in [4.78, 5) is 0. The van der Waals surface area contributed by atoms with Crippen LogP contribution in [0.2, 0.25) is 0 Å². The van der Waals surface area contributed by atoms with Crippen molar-refractivity contribution in [3.8, 4) is 11.4 Å². The Kier molecular flexibility index (Phi) is 5.84. The van der Waals surface area contributed by atoms with Gasteiger partial charge in [-0.15, -0.1) is 0 Å². The second kappa shape index (κ2) is 10.5. The maximum Gasteiger partial charge on any atom is 0.0810 e. The van der Waals surface area contributed by atoms with Crippen molar-refractivity contribution in [1.82, 2.24) is 13.8 Å². The lowest BCUT2D eigenvalue weighted by atomic mass is 10.1. The predicted molar refractivity (Wildman–Crippen MR) is 201 cm³/mol. The Hall–Kier alpha value is -6.52. The molecule has 48 heavy (non-hydrogen) atoms. The molecule has 0 saturated heterocycles. The lowest BCUT2D eigenvalue weighted by molar-refractivity contribution is 0.889. The molecule has 0 unspecified atom stereocenters. The van der Waals surface area contributed by atoms with E-state index in [1.165, 1.54) is 49.0 Å². The van der Waals surface area contributed by atoms with Crippen LogP contribution < -0.4 is 5.01 Å². The highest BCUT2D eigenvalue weighted by molar-refractivity contribution is 6.22. The lowest BCUT2D eigenvalue weighted by Gasteiger charge is -2.28. The van der Waals surface area contributed by atoms with Gasteiger partial charge in [-0.1, -0.05) is 91.0 Å². The molecule has 0 amide bonds. The number of rotatable bonds is 5. The van der Waals surface area contributed by atoms with E-state index in [0.29, 0.717) is 0 Å². The molecule has 3 heterocycles. The van der Waals surface area contributed by atoms with Crippen molar-refractivity contribution in [1.29, 1.82) is 0 Å². The minimum Gasteiger partial charge on any atom is -0.316 e. The van der Waals surface area contributed by atoms with Crippen LogP contribution in [0.1, 0.15) is 0 Å². The molecule has 0 aliphatic carbocycles. The highest BCUT2D eigenvalue weighted by Crippen LogP contribution is 2.43. The van der Waals surface area contributed by atoms with Crippen LogP contribution in [0.4, 0.5) is 11.4 Å². The van der Waals surface area contributed by atoms with Gasteiger partial charge in [0.25, 0.3) is 0 Å². The molecule has 10 rings (SSSR count). The summed E-state index contributed by atoms with van der Waals surface area (Å²) in [6.07, 6.45) is 2.20. The van der Waals surface area contributed by atoms with Gasteiger partial charge in [0.15, 0.2) is 0 Å². The van der Waals surface area contributed by atoms with Crippen LogP contribution in [0, 0.1) is 0 Å². The Labute approximate surface area is 277 Å². The van der Waals surface area contributed by atoms with E-state index in [2.05, 4.69) is 201 Å². The van der Waals surface area contributed by atoms with Gasteiger partial charge in [0.2, 0.25) is 0 Å². The summed E-state index contributed by atoms with van der Waals surface area (Å²) in [7, 11) is 0. The smallest absolute Gasteiger partial charge is 0.0810 e. The van der Waals surface area contributed by atoms with Crippen LogP contribution in [0.5, 0.6) is 0 Å². The van der Waals surface area contributed by atoms with Gasteiger partial charge in [-0.05, 0) is 84.9 Å². The average Bonchev–Trinajstić information content (AvgIpc) is 3.83. The maximum absolute atomic E-state index is 2.45. The monoisotopic (exact) mass is 614 g/mol. The molecule has 0 spiro atoms. The number of benzene rings is 7. The van der Waals surface area contributed by atoms with Crippen molar-refractivity contribution in [3.63, 3.8) is 0 Å². The molecular formula is C44H30N4. The molecule has 0 aliphatic heterocycles. The maximum atomic E-state index is 2.45. The number of para-hydroxylation sites is 5. The van der Waals surface area contributed by atoms with Crippen molar-refractivity contribution in [2.24, 2.45) is 0 Å². The summed E-state index contributed by atoms with van der Waals surface area (Å²) in [6.45, 7) is 0. The fourth-order valence-electron chi connectivity index (χ4n) is 7.56. The topological polar surface area (TPSA) is 18.0 Å². The zero-order valence-electron chi connectivity index (χ0n) is 26.1. The molecule has 0 bridgehead atoms. The van der Waals surface area contributed by atoms with Crippen LogP contribution in [0.3, 0.4) is 0 Å². The van der Waals surface area contributed by atoms with E-state index >= 15 is 0 Å². The number of aromatic nitrogens is 3. The summed E-state index contributed by atoms with van der Waals surface area (Å²) in [5.41, 5.74) is 10.4. The van der Waals surface area contributed by atoms with Gasteiger partial charge in [0.05, 0.1) is 39.0 Å². The van der Waals surface area contributed by atoms with E-state index in [1.54, 1.807) is 0 Å². The van der Waals surface area contributed by atoms with Gasteiger partial charge in [-0.3, -0.25) is 0 Å². The number of nitrogens with zero attached hydrogens (tertiary/aromatic N) is 4. The van der Waals surface area contributed by atoms with Crippen molar-refractivity contribution < 1.29 is 0 Å². The quantitative estimate of drug-likeness (QED) is 0.189. The van der Waals surface area contributed by atoms with Gasteiger partial charge in [-0.25, -0.2) is 9.69 Å². The van der Waals surface area contributed by atoms with Crippen LogP contribution in [-0.4, -0.2) is 13.8 Å². The van der Waals surface area contributed by atoms with E-state index in [9.17, 15) is 0 Å². The van der Waals surface area contributed by atoms with E-state index in [-0.39, 0.29) is 0 Å². The largest absolute Gasteiger partial charge is 0.316 e. The Balaban J connectivity index is 1.40. The van der Waals surface area contributed by atoms with E-state index in [1.807, 2.05) is 0 Å². The number of hydrogen-bond acceptors (Lipinski definition) is 1. The molecular weight excluding hydrogens is 585 g/mol. The minimum atomic E-state index is 1.09. The fourth-order valence-corrected chi connectivity index (χ4v) is 7.56. The predicted octanol–water partition coefficient (Wildman–Crippen LogP) is 11.4. The summed E-state index contributed by atoms with van der Waals surface area (Å²) >= 11 is 0. The Morgan fingerprint density at radius 3 is 1.60 bits per heavy atom. The summed E-state index contributed by atoms with van der Waals surface area (Å²) in [5, 5.41) is 8.46. The molecule has 7 aromatic carbocycles. The van der Waals surface area contributed by atoms with Gasteiger partial charge in [0.1, 0.15) is 0 Å². The van der Waals surface area contributed by atoms with Crippen LogP contribution in [0.15, 0.2) is 182 Å². The van der Waals surface area contributed by atoms with E-state index in [0.717, 1.165) is 28.3 Å². The molecule has 4 heteroatoms. The third kappa shape index (κ3) is 3.90. The zero-order chi connectivity index (χ0) is 31.6. The molecule has 0 fully saturated rings. The van der Waals surface area contributed by atoms with Gasteiger partial charge >= 0.3 is 0 Å². The molecule has 10 aromatic rings. The molecule has 0 atom stereocenters. The first-order valence-corrected chi connectivity index (χ1v) is 16.4. The van der Waals surface area contributed by atoms with Gasteiger partial charge in [-0.2, -0.15) is 0 Å². The Morgan fingerprint density at radius 2 is 0.917 bits per heavy atom. The Bertz CT molecular complexity index is 2720. The summed E-state index contributed by atoms with van der Waals surface area (Å²) in [5.74, 6) is 0. The third-order valence-electron chi connectivity index (χ3n) is 9.61. The van der Waals surface area contributed by atoms with Crippen molar-refractivity contribution >= 4 is 65.9 Å². The first-order chi connectivity index (χ1) is 23.8. The molecule has 4 nitrogen and oxygen atoms in total. The van der Waals surface area contributed by atoms with Crippen molar-refractivity contribution in [3.05, 3.63) is 182 Å². The lowest BCUT2D eigenvalue weighted by Crippen LogP contribution is -2.24. The first-order valence-electron chi connectivity index (χ1n) is 16.4. The molecule has 226 valence electrons. The van der Waals surface area contributed by atoms with Gasteiger partial charge in [0, 0.05) is 44.5 Å². The van der Waals surface area contributed by atoms with Gasteiger partial charge < -0.3 is 9.13 Å². The number of hydrogen-bond donors (Lipinski definition) is 0. The molecule has 3 aromatic heterocycles.